The highest BCUT2D eigenvalue weighted by Crippen LogP contribution is 2.43. The van der Waals surface area contributed by atoms with Crippen LogP contribution in [0.15, 0.2) is 72.9 Å². The van der Waals surface area contributed by atoms with E-state index in [9.17, 15) is 28.9 Å². The number of aliphatic hydroxyl groups is 1. The first kappa shape index (κ1) is 66.9. The van der Waals surface area contributed by atoms with E-state index in [1.165, 1.54) is 70.6 Å². The minimum atomic E-state index is -4.75. The Hall–Kier alpha value is -3.08. The largest absolute Gasteiger partial charge is 0.472 e. The summed E-state index contributed by atoms with van der Waals surface area (Å²) in [4.78, 5) is 48.4. The number of hydrogen-bond acceptors (Lipinski definition) is 10. The molecule has 0 rings (SSSR count). The highest BCUT2D eigenvalue weighted by Gasteiger charge is 2.28. The van der Waals surface area contributed by atoms with Crippen LogP contribution in [0.25, 0.3) is 0 Å². The standard InChI is InChI=1S/C58H101O11P/c1-4-7-10-13-16-19-21-23-25-27-29-31-33-36-39-42-45-48-57(61)68-54(50-59)52-66-70(63,64)67-53-55(51-65-56(60)47-44-41-38-35-18-15-12-9-6-3)69-58(62)49-46-43-40-37-34-32-30-28-26-24-22-20-17-14-11-8-5-2/h8,11,16-17,19-20,23-26,30,32,54-55,59H,4-7,9-10,12-15,18,21-22,27-29,31,33-53H2,1-3H3,(H,63,64)/b11-8-,19-16-,20-17-,25-23-,26-24-,32-30-. The molecule has 0 aromatic heterocycles. The first-order chi connectivity index (χ1) is 34.2. The van der Waals surface area contributed by atoms with Gasteiger partial charge >= 0.3 is 25.7 Å². The van der Waals surface area contributed by atoms with E-state index < -0.39 is 57.8 Å². The van der Waals surface area contributed by atoms with Gasteiger partial charge < -0.3 is 24.2 Å². The average molecular weight is 1010 g/mol. The fraction of sp³-hybridized carbons (Fsp3) is 0.741. The number of carbonyl (C=O) groups excluding carboxylic acids is 3. The lowest BCUT2D eigenvalue weighted by molar-refractivity contribution is -0.161. The van der Waals surface area contributed by atoms with Crippen LogP contribution >= 0.6 is 7.82 Å². The number of hydrogen-bond donors (Lipinski definition) is 2. The van der Waals surface area contributed by atoms with Crippen LogP contribution in [0, 0.1) is 0 Å². The number of phosphoric ester groups is 1. The monoisotopic (exact) mass is 1000 g/mol. The van der Waals surface area contributed by atoms with Gasteiger partial charge in [-0.2, -0.15) is 0 Å². The summed E-state index contributed by atoms with van der Waals surface area (Å²) in [5.74, 6) is -1.50. The van der Waals surface area contributed by atoms with Crippen LogP contribution in [0.2, 0.25) is 0 Å². The number of unbranched alkanes of at least 4 members (excludes halogenated alkanes) is 22. The van der Waals surface area contributed by atoms with Crippen molar-refractivity contribution in [3.05, 3.63) is 72.9 Å². The molecule has 3 unspecified atom stereocenters. The summed E-state index contributed by atoms with van der Waals surface area (Å²) >= 11 is 0. The molecule has 0 fully saturated rings. The molecule has 0 aliphatic heterocycles. The molecule has 404 valence electrons. The molecule has 0 aromatic carbocycles. The van der Waals surface area contributed by atoms with Crippen molar-refractivity contribution in [1.82, 2.24) is 0 Å². The van der Waals surface area contributed by atoms with Crippen LogP contribution in [0.5, 0.6) is 0 Å². The SMILES string of the molecule is CC/C=C\C/C=C\C/C=C\C/C=C\CCCCCCC(=O)OC(COC(=O)CCCCCCCCCCC)COP(=O)(O)OCC(CO)OC(=O)CCCCCCCCC/C=C\C/C=C\CCCCC. The van der Waals surface area contributed by atoms with Crippen molar-refractivity contribution in [2.75, 3.05) is 26.4 Å². The minimum Gasteiger partial charge on any atom is -0.462 e. The summed E-state index contributed by atoms with van der Waals surface area (Å²) in [6.07, 6.45) is 57.2. The van der Waals surface area contributed by atoms with Crippen molar-refractivity contribution in [3.8, 4) is 0 Å². The van der Waals surface area contributed by atoms with Gasteiger partial charge in [0, 0.05) is 19.3 Å². The van der Waals surface area contributed by atoms with E-state index in [1.54, 1.807) is 0 Å². The number of rotatable bonds is 51. The van der Waals surface area contributed by atoms with Crippen LogP contribution in [-0.2, 0) is 42.2 Å². The van der Waals surface area contributed by atoms with Crippen molar-refractivity contribution in [3.63, 3.8) is 0 Å². The lowest BCUT2D eigenvalue weighted by atomic mass is 10.1. The summed E-state index contributed by atoms with van der Waals surface area (Å²) in [6.45, 7) is 4.45. The molecular formula is C58H101O11P. The van der Waals surface area contributed by atoms with Crippen molar-refractivity contribution >= 4 is 25.7 Å². The Morgan fingerprint density at radius 3 is 1.17 bits per heavy atom. The van der Waals surface area contributed by atoms with E-state index in [2.05, 4.69) is 93.7 Å². The van der Waals surface area contributed by atoms with Gasteiger partial charge in [0.2, 0.25) is 0 Å². The number of ether oxygens (including phenoxy) is 3. The minimum absolute atomic E-state index is 0.139. The maximum Gasteiger partial charge on any atom is 0.472 e. The fourth-order valence-electron chi connectivity index (χ4n) is 7.38. The smallest absolute Gasteiger partial charge is 0.462 e. The Balaban J connectivity index is 4.68. The second kappa shape index (κ2) is 52.2. The molecule has 0 saturated heterocycles. The third-order valence-corrected chi connectivity index (χ3v) is 12.6. The van der Waals surface area contributed by atoms with Gasteiger partial charge in [-0.05, 0) is 89.9 Å². The highest BCUT2D eigenvalue weighted by molar-refractivity contribution is 7.47. The summed E-state index contributed by atoms with van der Waals surface area (Å²) in [7, 11) is -4.75. The lowest BCUT2D eigenvalue weighted by Gasteiger charge is -2.21. The van der Waals surface area contributed by atoms with E-state index in [0.29, 0.717) is 19.3 Å². The number of carbonyl (C=O) groups is 3. The van der Waals surface area contributed by atoms with Crippen molar-refractivity contribution in [2.45, 2.75) is 251 Å². The Labute approximate surface area is 427 Å². The van der Waals surface area contributed by atoms with Gasteiger partial charge in [-0.15, -0.1) is 0 Å². The summed E-state index contributed by atoms with van der Waals surface area (Å²) in [5, 5.41) is 9.80. The molecule has 0 aliphatic carbocycles. The van der Waals surface area contributed by atoms with E-state index in [4.69, 9.17) is 23.3 Å². The van der Waals surface area contributed by atoms with Gasteiger partial charge in [0.05, 0.1) is 19.8 Å². The Bertz CT molecular complexity index is 1450. The molecule has 0 heterocycles. The van der Waals surface area contributed by atoms with Crippen molar-refractivity contribution in [2.24, 2.45) is 0 Å². The van der Waals surface area contributed by atoms with E-state index >= 15 is 0 Å². The number of phosphoric acid groups is 1. The summed E-state index contributed by atoms with van der Waals surface area (Å²) in [6, 6.07) is 0. The first-order valence-electron chi connectivity index (χ1n) is 27.8. The molecule has 0 amide bonds. The van der Waals surface area contributed by atoms with Gasteiger partial charge in [0.25, 0.3) is 0 Å². The zero-order valence-electron chi connectivity index (χ0n) is 44.5. The van der Waals surface area contributed by atoms with Gasteiger partial charge in [0.15, 0.2) is 6.10 Å². The average Bonchev–Trinajstić information content (AvgIpc) is 3.35. The number of aliphatic hydroxyl groups excluding tert-OH is 1. The molecule has 70 heavy (non-hydrogen) atoms. The molecule has 0 radical (unpaired) electrons. The second-order valence-electron chi connectivity index (χ2n) is 18.4. The van der Waals surface area contributed by atoms with Crippen LogP contribution in [0.4, 0.5) is 0 Å². The van der Waals surface area contributed by atoms with E-state index in [0.717, 1.165) is 109 Å². The fourth-order valence-corrected chi connectivity index (χ4v) is 8.16. The van der Waals surface area contributed by atoms with Crippen molar-refractivity contribution in [1.29, 1.82) is 0 Å². The topological polar surface area (TPSA) is 155 Å². The zero-order valence-corrected chi connectivity index (χ0v) is 45.4. The van der Waals surface area contributed by atoms with Crippen LogP contribution < -0.4 is 0 Å². The predicted octanol–water partition coefficient (Wildman–Crippen LogP) is 16.1. The van der Waals surface area contributed by atoms with Gasteiger partial charge in [-0.25, -0.2) is 4.57 Å². The molecule has 0 saturated carbocycles. The molecule has 11 nitrogen and oxygen atoms in total. The van der Waals surface area contributed by atoms with Crippen LogP contribution in [0.1, 0.15) is 239 Å². The molecule has 0 aromatic rings. The molecule has 2 N–H and O–H groups in total. The Kier molecular flexibility index (Phi) is 50.0. The Morgan fingerprint density at radius 1 is 0.414 bits per heavy atom. The first-order valence-corrected chi connectivity index (χ1v) is 29.3. The van der Waals surface area contributed by atoms with Gasteiger partial charge in [0.1, 0.15) is 12.7 Å². The maximum atomic E-state index is 12.9. The molecule has 12 heteroatoms. The zero-order chi connectivity index (χ0) is 51.3. The molecule has 3 atom stereocenters. The molecular weight excluding hydrogens is 904 g/mol. The second-order valence-corrected chi connectivity index (χ2v) is 19.8. The number of allylic oxidation sites excluding steroid dienone is 12. The van der Waals surface area contributed by atoms with E-state index in [-0.39, 0.29) is 25.9 Å². The van der Waals surface area contributed by atoms with Gasteiger partial charge in [-0.1, -0.05) is 203 Å². The molecule has 0 spiro atoms. The molecule has 0 bridgehead atoms. The van der Waals surface area contributed by atoms with Crippen LogP contribution in [-0.4, -0.2) is 66.5 Å². The summed E-state index contributed by atoms with van der Waals surface area (Å²) in [5.41, 5.74) is 0. The van der Waals surface area contributed by atoms with Crippen LogP contribution in [0.3, 0.4) is 0 Å². The van der Waals surface area contributed by atoms with Gasteiger partial charge in [-0.3, -0.25) is 23.4 Å². The normalized spacial score (nSPS) is 14.0. The Morgan fingerprint density at radius 2 is 0.743 bits per heavy atom. The predicted molar refractivity (Wildman–Crippen MR) is 288 cm³/mol. The highest BCUT2D eigenvalue weighted by atomic mass is 31.2. The summed E-state index contributed by atoms with van der Waals surface area (Å²) < 4.78 is 39.4. The lowest BCUT2D eigenvalue weighted by Crippen LogP contribution is -2.30. The third-order valence-electron chi connectivity index (χ3n) is 11.6. The molecule has 0 aliphatic rings. The quantitative estimate of drug-likeness (QED) is 0.0197. The third kappa shape index (κ3) is 49.9. The number of esters is 3. The van der Waals surface area contributed by atoms with E-state index in [1.807, 2.05) is 0 Å². The maximum absolute atomic E-state index is 12.9. The van der Waals surface area contributed by atoms with Crippen molar-refractivity contribution < 1.29 is 52.2 Å².